The third-order valence-electron chi connectivity index (χ3n) is 2.39. The first kappa shape index (κ1) is 13.5. The first-order valence-corrected chi connectivity index (χ1v) is 6.69. The minimum Gasteiger partial charge on any atom is -0.481 e. The summed E-state index contributed by atoms with van der Waals surface area (Å²) >= 11 is 0. The molecule has 17 heavy (non-hydrogen) atoms. The second-order valence-electron chi connectivity index (χ2n) is 3.76. The summed E-state index contributed by atoms with van der Waals surface area (Å²) in [6.07, 6.45) is -0.390. The fourth-order valence-electron chi connectivity index (χ4n) is 1.27. The zero-order valence-corrected chi connectivity index (χ0v) is 10.6. The normalized spacial score (nSPS) is 11.2. The third kappa shape index (κ3) is 3.74. The molecular weight excluding hydrogens is 242 g/mol. The number of rotatable bonds is 5. The third-order valence-corrected chi connectivity index (χ3v) is 4.15. The molecule has 0 saturated heterocycles. The summed E-state index contributed by atoms with van der Waals surface area (Å²) in [5.41, 5.74) is 1.56. The van der Waals surface area contributed by atoms with Crippen molar-refractivity contribution in [1.82, 2.24) is 0 Å². The average Bonchev–Trinajstić information content (AvgIpc) is 2.27. The van der Waals surface area contributed by atoms with E-state index < -0.39 is 28.2 Å². The number of hydrogen-bond donors (Lipinski definition) is 1. The maximum atomic E-state index is 11.8. The van der Waals surface area contributed by atoms with Gasteiger partial charge in [0.15, 0.2) is 0 Å². The lowest BCUT2D eigenvalue weighted by atomic mass is 10.2. The van der Waals surface area contributed by atoms with Crippen molar-refractivity contribution < 1.29 is 18.3 Å². The topological polar surface area (TPSA) is 74.7 Å². The molecule has 0 unspecified atom stereocenters. The van der Waals surface area contributed by atoms with Crippen LogP contribution in [0.2, 0.25) is 0 Å². The van der Waals surface area contributed by atoms with Crippen molar-refractivity contribution in [3.8, 4) is 0 Å². The maximum absolute atomic E-state index is 11.8. The standard InChI is InChI=1S/C11H15NO4S/c1-9-3-5-10(6-4-9)12(2)17(15,16)8-7-11(13)14/h3-6H,7-8H2,1-2H3,(H,13,14). The second-order valence-corrected chi connectivity index (χ2v) is 5.88. The number of nitrogens with zero attached hydrogens (tertiary/aromatic N) is 1. The molecule has 0 spiro atoms. The van der Waals surface area contributed by atoms with Crippen LogP contribution in [0.25, 0.3) is 0 Å². The fraction of sp³-hybridized carbons (Fsp3) is 0.364. The van der Waals surface area contributed by atoms with Gasteiger partial charge in [0.05, 0.1) is 17.9 Å². The SMILES string of the molecule is Cc1ccc(N(C)S(=O)(=O)CCC(=O)O)cc1. The van der Waals surface area contributed by atoms with Gasteiger partial charge in [-0.25, -0.2) is 8.42 Å². The Morgan fingerprint density at radius 1 is 1.29 bits per heavy atom. The molecule has 0 fully saturated rings. The van der Waals surface area contributed by atoms with Crippen LogP contribution in [0.3, 0.4) is 0 Å². The summed E-state index contributed by atoms with van der Waals surface area (Å²) < 4.78 is 24.7. The van der Waals surface area contributed by atoms with E-state index >= 15 is 0 Å². The Morgan fingerprint density at radius 2 is 1.82 bits per heavy atom. The van der Waals surface area contributed by atoms with E-state index in [2.05, 4.69) is 0 Å². The molecule has 0 aliphatic heterocycles. The molecule has 5 nitrogen and oxygen atoms in total. The molecule has 1 aromatic carbocycles. The average molecular weight is 257 g/mol. The molecule has 1 rings (SSSR count). The van der Waals surface area contributed by atoms with Gasteiger partial charge in [-0.3, -0.25) is 9.10 Å². The molecule has 1 aromatic rings. The molecule has 0 atom stereocenters. The van der Waals surface area contributed by atoms with Gasteiger partial charge in [-0.1, -0.05) is 17.7 Å². The lowest BCUT2D eigenvalue weighted by Gasteiger charge is -2.19. The Kier molecular flexibility index (Phi) is 4.11. The molecule has 0 bridgehead atoms. The van der Waals surface area contributed by atoms with Gasteiger partial charge in [0.25, 0.3) is 0 Å². The Bertz CT molecular complexity index is 493. The molecule has 0 aliphatic carbocycles. The number of hydrogen-bond acceptors (Lipinski definition) is 3. The Morgan fingerprint density at radius 3 is 2.29 bits per heavy atom. The van der Waals surface area contributed by atoms with E-state index in [1.54, 1.807) is 24.3 Å². The van der Waals surface area contributed by atoms with Gasteiger partial charge in [0.2, 0.25) is 10.0 Å². The van der Waals surface area contributed by atoms with Crippen LogP contribution in [-0.2, 0) is 14.8 Å². The van der Waals surface area contributed by atoms with Crippen molar-refractivity contribution in [2.75, 3.05) is 17.1 Å². The highest BCUT2D eigenvalue weighted by molar-refractivity contribution is 7.92. The van der Waals surface area contributed by atoms with E-state index in [-0.39, 0.29) is 0 Å². The lowest BCUT2D eigenvalue weighted by Crippen LogP contribution is -2.29. The van der Waals surface area contributed by atoms with Gasteiger partial charge < -0.3 is 5.11 Å². The number of benzene rings is 1. The first-order valence-electron chi connectivity index (χ1n) is 5.08. The van der Waals surface area contributed by atoms with Crippen molar-refractivity contribution in [1.29, 1.82) is 0 Å². The summed E-state index contributed by atoms with van der Waals surface area (Å²) in [6, 6.07) is 6.98. The Balaban J connectivity index is 2.84. The molecule has 0 amide bonds. The first-order chi connectivity index (χ1) is 7.83. The number of carbonyl (C=O) groups is 1. The van der Waals surface area contributed by atoms with E-state index in [1.165, 1.54) is 7.05 Å². The summed E-state index contributed by atoms with van der Waals surface area (Å²) in [5, 5.41) is 8.48. The number of carboxylic acids is 1. The van der Waals surface area contributed by atoms with E-state index in [0.29, 0.717) is 5.69 Å². The zero-order valence-electron chi connectivity index (χ0n) is 9.75. The van der Waals surface area contributed by atoms with Gasteiger partial charge in [0.1, 0.15) is 0 Å². The second kappa shape index (κ2) is 5.18. The monoisotopic (exact) mass is 257 g/mol. The minimum absolute atomic E-state index is 0.390. The van der Waals surface area contributed by atoms with E-state index in [0.717, 1.165) is 9.87 Å². The fourth-order valence-corrected chi connectivity index (χ4v) is 2.42. The highest BCUT2D eigenvalue weighted by Gasteiger charge is 2.19. The van der Waals surface area contributed by atoms with Crippen molar-refractivity contribution in [2.24, 2.45) is 0 Å². The number of carboxylic acid groups (broad SMARTS) is 1. The Labute approximate surface area is 101 Å². The van der Waals surface area contributed by atoms with Crippen molar-refractivity contribution in [3.05, 3.63) is 29.8 Å². The van der Waals surface area contributed by atoms with Crippen molar-refractivity contribution in [3.63, 3.8) is 0 Å². The number of aliphatic carboxylic acids is 1. The van der Waals surface area contributed by atoms with Gasteiger partial charge >= 0.3 is 5.97 Å². The smallest absolute Gasteiger partial charge is 0.304 e. The number of aryl methyl sites for hydroxylation is 1. The summed E-state index contributed by atoms with van der Waals surface area (Å²) in [5.74, 6) is -1.52. The lowest BCUT2D eigenvalue weighted by molar-refractivity contribution is -0.136. The van der Waals surface area contributed by atoms with Crippen molar-refractivity contribution >= 4 is 21.7 Å². The molecule has 0 heterocycles. The summed E-state index contributed by atoms with van der Waals surface area (Å²) in [4.78, 5) is 10.4. The van der Waals surface area contributed by atoms with Crippen LogP contribution in [0.5, 0.6) is 0 Å². The van der Waals surface area contributed by atoms with E-state index in [9.17, 15) is 13.2 Å². The van der Waals surface area contributed by atoms with Gasteiger partial charge in [-0.05, 0) is 19.1 Å². The van der Waals surface area contributed by atoms with E-state index in [1.807, 2.05) is 6.92 Å². The molecule has 1 N–H and O–H groups in total. The van der Waals surface area contributed by atoms with Crippen LogP contribution in [0.1, 0.15) is 12.0 Å². The minimum atomic E-state index is -3.57. The number of sulfonamides is 1. The summed E-state index contributed by atoms with van der Waals surface area (Å²) in [6.45, 7) is 1.91. The molecular formula is C11H15NO4S. The highest BCUT2D eigenvalue weighted by atomic mass is 32.2. The maximum Gasteiger partial charge on any atom is 0.304 e. The predicted molar refractivity (Wildman–Crippen MR) is 65.6 cm³/mol. The van der Waals surface area contributed by atoms with Crippen molar-refractivity contribution in [2.45, 2.75) is 13.3 Å². The largest absolute Gasteiger partial charge is 0.481 e. The molecule has 6 heteroatoms. The van der Waals surface area contributed by atoms with Crippen LogP contribution in [0, 0.1) is 6.92 Å². The zero-order chi connectivity index (χ0) is 13.1. The molecule has 0 radical (unpaired) electrons. The van der Waals surface area contributed by atoms with Gasteiger partial charge in [-0.2, -0.15) is 0 Å². The molecule has 94 valence electrons. The van der Waals surface area contributed by atoms with Crippen LogP contribution in [0.4, 0.5) is 5.69 Å². The van der Waals surface area contributed by atoms with Crippen LogP contribution in [0.15, 0.2) is 24.3 Å². The highest BCUT2D eigenvalue weighted by Crippen LogP contribution is 2.17. The summed E-state index contributed by atoms with van der Waals surface area (Å²) in [7, 11) is -2.15. The quantitative estimate of drug-likeness (QED) is 0.861. The van der Waals surface area contributed by atoms with Crippen LogP contribution < -0.4 is 4.31 Å². The van der Waals surface area contributed by atoms with E-state index in [4.69, 9.17) is 5.11 Å². The molecule has 0 saturated carbocycles. The van der Waals surface area contributed by atoms with Gasteiger partial charge in [-0.15, -0.1) is 0 Å². The van der Waals surface area contributed by atoms with Crippen LogP contribution >= 0.6 is 0 Å². The number of anilines is 1. The van der Waals surface area contributed by atoms with Crippen LogP contribution in [-0.4, -0.2) is 32.3 Å². The Hall–Kier alpha value is -1.56. The van der Waals surface area contributed by atoms with Gasteiger partial charge in [0, 0.05) is 7.05 Å². The predicted octanol–water partition coefficient (Wildman–Crippen LogP) is 1.24. The molecule has 0 aliphatic rings. The molecule has 0 aromatic heterocycles.